The van der Waals surface area contributed by atoms with E-state index in [1.54, 1.807) is 0 Å². The Hall–Kier alpha value is -0.380. The quantitative estimate of drug-likeness (QED) is 0.841. The molecule has 1 unspecified atom stereocenters. The van der Waals surface area contributed by atoms with Crippen molar-refractivity contribution in [2.75, 3.05) is 19.8 Å². The third-order valence-electron chi connectivity index (χ3n) is 3.80. The van der Waals surface area contributed by atoms with Crippen molar-refractivity contribution in [3.05, 3.63) is 34.3 Å². The number of halogens is 1. The van der Waals surface area contributed by atoms with E-state index in [2.05, 4.69) is 52.4 Å². The van der Waals surface area contributed by atoms with Crippen LogP contribution < -0.4 is 5.32 Å². The van der Waals surface area contributed by atoms with Gasteiger partial charge in [-0.15, -0.1) is 0 Å². The van der Waals surface area contributed by atoms with Crippen LogP contribution in [-0.4, -0.2) is 19.8 Å². The first-order valence-electron chi connectivity index (χ1n) is 7.36. The summed E-state index contributed by atoms with van der Waals surface area (Å²) >= 11 is 3.58. The molecule has 0 aliphatic carbocycles. The van der Waals surface area contributed by atoms with Crippen LogP contribution in [0.25, 0.3) is 0 Å². The summed E-state index contributed by atoms with van der Waals surface area (Å²) < 4.78 is 6.63. The maximum absolute atomic E-state index is 5.46. The van der Waals surface area contributed by atoms with Crippen LogP contribution in [0.5, 0.6) is 0 Å². The molecule has 1 N–H and O–H groups in total. The molecule has 106 valence electrons. The van der Waals surface area contributed by atoms with Crippen molar-refractivity contribution < 1.29 is 4.74 Å². The van der Waals surface area contributed by atoms with E-state index in [9.17, 15) is 0 Å². The summed E-state index contributed by atoms with van der Waals surface area (Å²) in [5.74, 6) is 0.794. The molecule has 2 nitrogen and oxygen atoms in total. The highest BCUT2D eigenvalue weighted by Gasteiger charge is 2.20. The van der Waals surface area contributed by atoms with Gasteiger partial charge in [0.25, 0.3) is 0 Å². The summed E-state index contributed by atoms with van der Waals surface area (Å²) in [6, 6.07) is 9.17. The van der Waals surface area contributed by atoms with Gasteiger partial charge < -0.3 is 10.1 Å². The summed E-state index contributed by atoms with van der Waals surface area (Å²) in [6.07, 6.45) is 4.81. The summed E-state index contributed by atoms with van der Waals surface area (Å²) in [4.78, 5) is 0. The van der Waals surface area contributed by atoms with Gasteiger partial charge in [0.15, 0.2) is 0 Å². The van der Waals surface area contributed by atoms with Crippen LogP contribution >= 0.6 is 15.9 Å². The van der Waals surface area contributed by atoms with Gasteiger partial charge in [-0.25, -0.2) is 0 Å². The predicted octanol–water partition coefficient (Wildman–Crippen LogP) is 4.31. The lowest BCUT2D eigenvalue weighted by Crippen LogP contribution is -2.27. The Kier molecular flexibility index (Phi) is 6.35. The third-order valence-corrected chi connectivity index (χ3v) is 4.29. The SMILES string of the molecule is CCCNC(CC1CCOCC1)c1cccc(Br)c1. The molecule has 0 aromatic heterocycles. The van der Waals surface area contributed by atoms with E-state index in [4.69, 9.17) is 4.74 Å². The summed E-state index contributed by atoms with van der Waals surface area (Å²) in [6.45, 7) is 5.17. The minimum Gasteiger partial charge on any atom is -0.381 e. The Morgan fingerprint density at radius 3 is 2.84 bits per heavy atom. The predicted molar refractivity (Wildman–Crippen MR) is 83.3 cm³/mol. The number of nitrogens with one attached hydrogen (secondary N) is 1. The second-order valence-electron chi connectivity index (χ2n) is 5.35. The molecule has 0 radical (unpaired) electrons. The van der Waals surface area contributed by atoms with Crippen LogP contribution in [-0.2, 0) is 4.74 Å². The highest BCUT2D eigenvalue weighted by Crippen LogP contribution is 2.28. The van der Waals surface area contributed by atoms with E-state index in [0.717, 1.165) is 25.7 Å². The molecule has 2 rings (SSSR count). The molecule has 0 spiro atoms. The zero-order chi connectivity index (χ0) is 13.5. The minimum absolute atomic E-state index is 0.473. The lowest BCUT2D eigenvalue weighted by molar-refractivity contribution is 0.0605. The van der Waals surface area contributed by atoms with Crippen LogP contribution in [0.1, 0.15) is 44.2 Å². The fourth-order valence-electron chi connectivity index (χ4n) is 2.69. The van der Waals surface area contributed by atoms with Gasteiger partial charge in [0.1, 0.15) is 0 Å². The molecule has 1 saturated heterocycles. The molecule has 19 heavy (non-hydrogen) atoms. The second kappa shape index (κ2) is 8.03. The van der Waals surface area contributed by atoms with Crippen molar-refractivity contribution in [1.82, 2.24) is 5.32 Å². The monoisotopic (exact) mass is 325 g/mol. The molecular formula is C16H24BrNO. The van der Waals surface area contributed by atoms with Crippen molar-refractivity contribution in [3.63, 3.8) is 0 Å². The first kappa shape index (κ1) is 15.0. The topological polar surface area (TPSA) is 21.3 Å². The van der Waals surface area contributed by atoms with Crippen molar-refractivity contribution in [3.8, 4) is 0 Å². The second-order valence-corrected chi connectivity index (χ2v) is 6.27. The van der Waals surface area contributed by atoms with Gasteiger partial charge in [-0.1, -0.05) is 35.0 Å². The fraction of sp³-hybridized carbons (Fsp3) is 0.625. The largest absolute Gasteiger partial charge is 0.381 e. The lowest BCUT2D eigenvalue weighted by atomic mass is 9.89. The van der Waals surface area contributed by atoms with Gasteiger partial charge in [0, 0.05) is 23.7 Å². The van der Waals surface area contributed by atoms with Gasteiger partial charge >= 0.3 is 0 Å². The van der Waals surface area contributed by atoms with E-state index < -0.39 is 0 Å². The summed E-state index contributed by atoms with van der Waals surface area (Å²) in [5, 5.41) is 3.70. The zero-order valence-corrected chi connectivity index (χ0v) is 13.3. The molecule has 3 heteroatoms. The standard InChI is InChI=1S/C16H24BrNO/c1-2-8-18-16(11-13-6-9-19-10-7-13)14-4-3-5-15(17)12-14/h3-5,12-13,16,18H,2,6-11H2,1H3. The third kappa shape index (κ3) is 4.90. The molecule has 0 bridgehead atoms. The summed E-state index contributed by atoms with van der Waals surface area (Å²) in [7, 11) is 0. The highest BCUT2D eigenvalue weighted by molar-refractivity contribution is 9.10. The fourth-order valence-corrected chi connectivity index (χ4v) is 3.11. The lowest BCUT2D eigenvalue weighted by Gasteiger charge is -2.27. The van der Waals surface area contributed by atoms with Crippen LogP contribution in [0.15, 0.2) is 28.7 Å². The van der Waals surface area contributed by atoms with Crippen LogP contribution in [0.4, 0.5) is 0 Å². The van der Waals surface area contributed by atoms with E-state index >= 15 is 0 Å². The highest BCUT2D eigenvalue weighted by atomic mass is 79.9. The van der Waals surface area contributed by atoms with Gasteiger partial charge in [0.05, 0.1) is 0 Å². The van der Waals surface area contributed by atoms with Crippen LogP contribution in [0, 0.1) is 5.92 Å². The zero-order valence-electron chi connectivity index (χ0n) is 11.7. The van der Waals surface area contributed by atoms with Crippen molar-refractivity contribution in [2.24, 2.45) is 5.92 Å². The Bertz CT molecular complexity index is 377. The van der Waals surface area contributed by atoms with E-state index in [0.29, 0.717) is 6.04 Å². The Morgan fingerprint density at radius 1 is 1.37 bits per heavy atom. The molecule has 1 aliphatic heterocycles. The van der Waals surface area contributed by atoms with Gasteiger partial charge in [-0.05, 0) is 55.8 Å². The molecule has 1 fully saturated rings. The average molecular weight is 326 g/mol. The molecule has 1 aliphatic rings. The number of ether oxygens (including phenoxy) is 1. The molecule has 1 atom stereocenters. The van der Waals surface area contributed by atoms with E-state index in [1.807, 2.05) is 0 Å². The van der Waals surface area contributed by atoms with Crippen LogP contribution in [0.2, 0.25) is 0 Å². The molecule has 0 amide bonds. The maximum Gasteiger partial charge on any atom is 0.0468 e. The first-order chi connectivity index (χ1) is 9.29. The Labute approximate surface area is 125 Å². The number of rotatable bonds is 6. The number of hydrogen-bond acceptors (Lipinski definition) is 2. The minimum atomic E-state index is 0.473. The van der Waals surface area contributed by atoms with Gasteiger partial charge in [0.2, 0.25) is 0 Å². The molecule has 1 aromatic carbocycles. The molecule has 1 aromatic rings. The van der Waals surface area contributed by atoms with Crippen LogP contribution in [0.3, 0.4) is 0 Å². The van der Waals surface area contributed by atoms with E-state index in [-0.39, 0.29) is 0 Å². The van der Waals surface area contributed by atoms with Crippen molar-refractivity contribution >= 4 is 15.9 Å². The summed E-state index contributed by atoms with van der Waals surface area (Å²) in [5.41, 5.74) is 1.40. The van der Waals surface area contributed by atoms with Gasteiger partial charge in [-0.2, -0.15) is 0 Å². The van der Waals surface area contributed by atoms with Crippen molar-refractivity contribution in [1.29, 1.82) is 0 Å². The van der Waals surface area contributed by atoms with Crippen molar-refractivity contribution in [2.45, 2.75) is 38.6 Å². The number of benzene rings is 1. The molecular weight excluding hydrogens is 302 g/mol. The Balaban J connectivity index is 2.01. The smallest absolute Gasteiger partial charge is 0.0468 e. The van der Waals surface area contributed by atoms with E-state index in [1.165, 1.54) is 35.7 Å². The average Bonchev–Trinajstić information content (AvgIpc) is 2.44. The Morgan fingerprint density at radius 2 is 2.16 bits per heavy atom. The van der Waals surface area contributed by atoms with Gasteiger partial charge in [-0.3, -0.25) is 0 Å². The molecule has 0 saturated carbocycles. The first-order valence-corrected chi connectivity index (χ1v) is 8.15. The number of hydrogen-bond donors (Lipinski definition) is 1. The normalized spacial score (nSPS) is 18.4. The molecule has 1 heterocycles. The maximum atomic E-state index is 5.46.